The molecule has 1 aliphatic heterocycles. The van der Waals surface area contributed by atoms with Gasteiger partial charge in [0.15, 0.2) is 11.5 Å². The van der Waals surface area contributed by atoms with Crippen molar-refractivity contribution < 1.29 is 23.0 Å². The fourth-order valence-electron chi connectivity index (χ4n) is 2.83. The highest BCUT2D eigenvalue weighted by Gasteiger charge is 2.43. The molecular weight excluding hydrogens is 406 g/mol. The predicted octanol–water partition coefficient (Wildman–Crippen LogP) is 4.12. The molecule has 6 nitrogen and oxygen atoms in total. The first-order chi connectivity index (χ1) is 13.8. The van der Waals surface area contributed by atoms with E-state index in [1.165, 1.54) is 41.1 Å². The van der Waals surface area contributed by atoms with Crippen LogP contribution in [0.2, 0.25) is 5.02 Å². The standard InChI is InChI=1S/C20H13ClF2N2O4/c21-15-4-2-1-3-12(15)10-25-11-13(5-8-18(25)26)19(27)24-14-6-7-16-17(9-14)29-20(22,23)28-16/h1-9,11H,10H2,(H,24,27). The minimum atomic E-state index is -3.74. The van der Waals surface area contributed by atoms with E-state index in [2.05, 4.69) is 14.8 Å². The highest BCUT2D eigenvalue weighted by molar-refractivity contribution is 6.31. The summed E-state index contributed by atoms with van der Waals surface area (Å²) in [7, 11) is 0. The average Bonchev–Trinajstić information content (AvgIpc) is 2.98. The Morgan fingerprint density at radius 1 is 1.07 bits per heavy atom. The van der Waals surface area contributed by atoms with Crippen molar-refractivity contribution in [3.63, 3.8) is 0 Å². The predicted molar refractivity (Wildman–Crippen MR) is 102 cm³/mol. The van der Waals surface area contributed by atoms with Gasteiger partial charge < -0.3 is 19.4 Å². The van der Waals surface area contributed by atoms with Crippen LogP contribution in [0.25, 0.3) is 0 Å². The zero-order valence-corrected chi connectivity index (χ0v) is 15.5. The molecule has 9 heteroatoms. The lowest BCUT2D eigenvalue weighted by atomic mass is 10.2. The molecule has 0 saturated heterocycles. The second-order valence-electron chi connectivity index (χ2n) is 6.26. The number of ether oxygens (including phenoxy) is 2. The van der Waals surface area contributed by atoms with Crippen LogP contribution in [0.1, 0.15) is 15.9 Å². The summed E-state index contributed by atoms with van der Waals surface area (Å²) in [6.07, 6.45) is -2.33. The normalized spacial score (nSPS) is 13.9. The molecule has 1 aliphatic rings. The number of nitrogens with zero attached hydrogens (tertiary/aromatic N) is 1. The van der Waals surface area contributed by atoms with Gasteiger partial charge in [-0.05, 0) is 29.8 Å². The molecule has 3 aromatic rings. The number of alkyl halides is 2. The van der Waals surface area contributed by atoms with Gasteiger partial charge in [-0.3, -0.25) is 9.59 Å². The second kappa shape index (κ2) is 7.21. The minimum Gasteiger partial charge on any atom is -0.395 e. The molecule has 0 bridgehead atoms. The molecular formula is C20H13ClF2N2O4. The van der Waals surface area contributed by atoms with Gasteiger partial charge >= 0.3 is 6.29 Å². The fourth-order valence-corrected chi connectivity index (χ4v) is 3.02. The number of anilines is 1. The number of nitrogens with one attached hydrogen (secondary N) is 1. The molecule has 2 aromatic carbocycles. The van der Waals surface area contributed by atoms with E-state index in [9.17, 15) is 18.4 Å². The van der Waals surface area contributed by atoms with Crippen molar-refractivity contribution in [2.24, 2.45) is 0 Å². The smallest absolute Gasteiger partial charge is 0.395 e. The van der Waals surface area contributed by atoms with Gasteiger partial charge in [-0.2, -0.15) is 0 Å². The Kier molecular flexibility index (Phi) is 4.71. The van der Waals surface area contributed by atoms with Gasteiger partial charge in [0.2, 0.25) is 0 Å². The van der Waals surface area contributed by atoms with Gasteiger partial charge in [0.05, 0.1) is 12.1 Å². The maximum Gasteiger partial charge on any atom is 0.586 e. The molecule has 4 rings (SSSR count). The number of pyridine rings is 1. The first-order valence-corrected chi connectivity index (χ1v) is 8.84. The van der Waals surface area contributed by atoms with Gasteiger partial charge in [-0.25, -0.2) is 0 Å². The molecule has 0 fully saturated rings. The number of aromatic nitrogens is 1. The number of amides is 1. The van der Waals surface area contributed by atoms with Crippen molar-refractivity contribution in [2.75, 3.05) is 5.32 Å². The minimum absolute atomic E-state index is 0.124. The molecule has 1 aromatic heterocycles. The number of hydrogen-bond acceptors (Lipinski definition) is 4. The topological polar surface area (TPSA) is 69.6 Å². The number of carbonyl (C=O) groups is 1. The number of benzene rings is 2. The third-order valence-electron chi connectivity index (χ3n) is 4.20. The zero-order chi connectivity index (χ0) is 20.6. The molecule has 0 atom stereocenters. The Morgan fingerprint density at radius 3 is 2.62 bits per heavy atom. The van der Waals surface area contributed by atoms with Gasteiger partial charge in [0.1, 0.15) is 0 Å². The van der Waals surface area contributed by atoms with E-state index in [0.29, 0.717) is 5.02 Å². The van der Waals surface area contributed by atoms with Crippen LogP contribution in [0, 0.1) is 0 Å². The fraction of sp³-hybridized carbons (Fsp3) is 0.100. The van der Waals surface area contributed by atoms with Crippen LogP contribution in [0.15, 0.2) is 65.6 Å². The van der Waals surface area contributed by atoms with Crippen molar-refractivity contribution in [1.82, 2.24) is 4.57 Å². The summed E-state index contributed by atoms with van der Waals surface area (Å²) in [5.74, 6) is -0.832. The Morgan fingerprint density at radius 2 is 1.83 bits per heavy atom. The average molecular weight is 419 g/mol. The molecule has 0 aliphatic carbocycles. The van der Waals surface area contributed by atoms with Crippen molar-refractivity contribution in [3.05, 3.63) is 87.3 Å². The van der Waals surface area contributed by atoms with Crippen LogP contribution >= 0.6 is 11.6 Å². The zero-order valence-electron chi connectivity index (χ0n) is 14.7. The van der Waals surface area contributed by atoms with Crippen LogP contribution in [-0.2, 0) is 6.54 Å². The van der Waals surface area contributed by atoms with Crippen LogP contribution in [-0.4, -0.2) is 16.8 Å². The van der Waals surface area contributed by atoms with Crippen LogP contribution in [0.5, 0.6) is 11.5 Å². The highest BCUT2D eigenvalue weighted by atomic mass is 35.5. The van der Waals surface area contributed by atoms with Crippen molar-refractivity contribution in [1.29, 1.82) is 0 Å². The van der Waals surface area contributed by atoms with E-state index in [0.717, 1.165) is 5.56 Å². The molecule has 1 N–H and O–H groups in total. The lowest BCUT2D eigenvalue weighted by Crippen LogP contribution is -2.25. The molecule has 1 amide bonds. The van der Waals surface area contributed by atoms with Crippen LogP contribution in [0.3, 0.4) is 0 Å². The number of halogens is 3. The largest absolute Gasteiger partial charge is 0.586 e. The van der Waals surface area contributed by atoms with Gasteiger partial charge in [-0.15, -0.1) is 8.78 Å². The Bertz CT molecular complexity index is 1160. The lowest BCUT2D eigenvalue weighted by molar-refractivity contribution is -0.286. The Labute approximate surface area is 168 Å². The molecule has 0 saturated carbocycles. The summed E-state index contributed by atoms with van der Waals surface area (Å²) in [6.45, 7) is 0.193. The first-order valence-electron chi connectivity index (χ1n) is 8.46. The van der Waals surface area contributed by atoms with Gasteiger partial charge in [0.25, 0.3) is 11.5 Å². The van der Waals surface area contributed by atoms with Gasteiger partial charge in [-0.1, -0.05) is 29.8 Å². The molecule has 2 heterocycles. The Balaban J connectivity index is 1.54. The number of hydrogen-bond donors (Lipinski definition) is 1. The molecule has 148 valence electrons. The van der Waals surface area contributed by atoms with E-state index in [1.54, 1.807) is 24.3 Å². The first kappa shape index (κ1) is 18.9. The number of fused-ring (bicyclic) bond motifs is 1. The quantitative estimate of drug-likeness (QED) is 0.692. The van der Waals surface area contributed by atoms with E-state index < -0.39 is 12.2 Å². The van der Waals surface area contributed by atoms with E-state index in [-0.39, 0.29) is 34.9 Å². The van der Waals surface area contributed by atoms with Gasteiger partial charge in [0, 0.05) is 29.0 Å². The summed E-state index contributed by atoms with van der Waals surface area (Å²) in [4.78, 5) is 24.7. The van der Waals surface area contributed by atoms with Crippen molar-refractivity contribution >= 4 is 23.2 Å². The van der Waals surface area contributed by atoms with Crippen LogP contribution in [0.4, 0.5) is 14.5 Å². The number of rotatable bonds is 4. The molecule has 0 radical (unpaired) electrons. The molecule has 29 heavy (non-hydrogen) atoms. The molecule has 0 unspecified atom stereocenters. The summed E-state index contributed by atoms with van der Waals surface area (Å²) >= 11 is 6.13. The second-order valence-corrected chi connectivity index (χ2v) is 6.67. The third-order valence-corrected chi connectivity index (χ3v) is 4.57. The van der Waals surface area contributed by atoms with Crippen molar-refractivity contribution in [2.45, 2.75) is 12.8 Å². The summed E-state index contributed by atoms with van der Waals surface area (Å²) in [5, 5.41) is 3.08. The summed E-state index contributed by atoms with van der Waals surface area (Å²) in [6, 6.07) is 13.6. The van der Waals surface area contributed by atoms with Crippen LogP contribution < -0.4 is 20.3 Å². The Hall–Kier alpha value is -3.39. The maximum atomic E-state index is 13.1. The third kappa shape index (κ3) is 4.07. The van der Waals surface area contributed by atoms with Crippen molar-refractivity contribution in [3.8, 4) is 11.5 Å². The highest BCUT2D eigenvalue weighted by Crippen LogP contribution is 2.42. The van der Waals surface area contributed by atoms with E-state index in [4.69, 9.17) is 11.6 Å². The summed E-state index contributed by atoms with van der Waals surface area (Å²) < 4.78 is 36.3. The number of carbonyl (C=O) groups excluding carboxylic acids is 1. The SMILES string of the molecule is O=C(Nc1ccc2c(c1)OC(F)(F)O2)c1ccc(=O)n(Cc2ccccc2Cl)c1. The van der Waals surface area contributed by atoms with E-state index in [1.807, 2.05) is 0 Å². The monoisotopic (exact) mass is 418 g/mol. The summed E-state index contributed by atoms with van der Waals surface area (Å²) in [5.41, 5.74) is 0.871. The lowest BCUT2D eigenvalue weighted by Gasteiger charge is -2.10. The van der Waals surface area contributed by atoms with E-state index >= 15 is 0 Å². The molecule has 0 spiro atoms. The maximum absolute atomic E-state index is 13.1.